The summed E-state index contributed by atoms with van der Waals surface area (Å²) >= 11 is 3.88. The summed E-state index contributed by atoms with van der Waals surface area (Å²) in [5, 5.41) is 2.03. The molecule has 2 aromatic heterocycles. The molecular formula is C11H9F3N2O3S. The van der Waals surface area contributed by atoms with Gasteiger partial charge in [-0.15, -0.1) is 0 Å². The molecule has 0 bridgehead atoms. The fourth-order valence-corrected chi connectivity index (χ4v) is 1.76. The summed E-state index contributed by atoms with van der Waals surface area (Å²) in [7, 11) is 0. The Morgan fingerprint density at radius 3 is 2.70 bits per heavy atom. The van der Waals surface area contributed by atoms with E-state index < -0.39 is 23.2 Å². The molecule has 108 valence electrons. The van der Waals surface area contributed by atoms with E-state index in [1.807, 2.05) is 0 Å². The molecule has 9 heteroatoms. The van der Waals surface area contributed by atoms with Gasteiger partial charge in [-0.3, -0.25) is 14.6 Å². The van der Waals surface area contributed by atoms with Crippen molar-refractivity contribution in [3.63, 3.8) is 0 Å². The van der Waals surface area contributed by atoms with Crippen molar-refractivity contribution in [3.8, 4) is 0 Å². The van der Waals surface area contributed by atoms with E-state index in [-0.39, 0.29) is 23.4 Å². The van der Waals surface area contributed by atoms with Gasteiger partial charge in [0.25, 0.3) is 11.5 Å². The molecule has 2 aromatic rings. The van der Waals surface area contributed by atoms with E-state index in [1.54, 1.807) is 0 Å². The van der Waals surface area contributed by atoms with Crippen LogP contribution in [-0.4, -0.2) is 23.2 Å². The van der Waals surface area contributed by atoms with Crippen LogP contribution in [-0.2, 0) is 6.18 Å². The largest absolute Gasteiger partial charge is 0.434 e. The monoisotopic (exact) mass is 306 g/mol. The lowest BCUT2D eigenvalue weighted by Gasteiger charge is -2.05. The van der Waals surface area contributed by atoms with Gasteiger partial charge < -0.3 is 9.73 Å². The Bertz CT molecular complexity index is 705. The highest BCUT2D eigenvalue weighted by atomic mass is 32.1. The maximum atomic E-state index is 12.8. The highest BCUT2D eigenvalue weighted by Gasteiger charge is 2.34. The first-order valence-electron chi connectivity index (χ1n) is 5.46. The number of hydrogen-bond acceptors (Lipinski definition) is 4. The number of fused-ring (bicyclic) bond motifs is 1. The van der Waals surface area contributed by atoms with Crippen LogP contribution in [0, 0.1) is 0 Å². The quantitative estimate of drug-likeness (QED) is 0.757. The Hall–Kier alpha value is -1.90. The minimum atomic E-state index is -4.71. The van der Waals surface area contributed by atoms with Crippen molar-refractivity contribution in [1.29, 1.82) is 0 Å². The van der Waals surface area contributed by atoms with E-state index in [2.05, 4.69) is 22.9 Å². The predicted molar refractivity (Wildman–Crippen MR) is 68.0 cm³/mol. The standard InChI is InChI=1S/C11H9F3N2O3S/c12-11(13,14)6-4-8(17)16-10-5(6)3-7(19-10)9(18)15-1-2-20/h3-4,20H,1-2H2,(H,15,18)(H,16,17). The van der Waals surface area contributed by atoms with Gasteiger partial charge in [0.1, 0.15) is 0 Å². The number of amides is 1. The fourth-order valence-electron chi connectivity index (χ4n) is 1.64. The van der Waals surface area contributed by atoms with Gasteiger partial charge in [-0.25, -0.2) is 0 Å². The maximum Gasteiger partial charge on any atom is 0.417 e. The van der Waals surface area contributed by atoms with Gasteiger partial charge in [-0.2, -0.15) is 25.8 Å². The Balaban J connectivity index is 2.54. The van der Waals surface area contributed by atoms with Crippen molar-refractivity contribution in [2.75, 3.05) is 12.3 Å². The van der Waals surface area contributed by atoms with Gasteiger partial charge in [0.2, 0.25) is 5.71 Å². The first-order valence-corrected chi connectivity index (χ1v) is 6.09. The summed E-state index contributed by atoms with van der Waals surface area (Å²) in [5.41, 5.74) is -2.49. The molecule has 0 spiro atoms. The van der Waals surface area contributed by atoms with Crippen molar-refractivity contribution >= 4 is 29.6 Å². The number of carbonyl (C=O) groups is 1. The summed E-state index contributed by atoms with van der Waals surface area (Å²) in [4.78, 5) is 24.9. The van der Waals surface area contributed by atoms with E-state index in [4.69, 9.17) is 4.42 Å². The van der Waals surface area contributed by atoms with Crippen LogP contribution < -0.4 is 10.9 Å². The van der Waals surface area contributed by atoms with Crippen molar-refractivity contribution in [2.24, 2.45) is 0 Å². The van der Waals surface area contributed by atoms with E-state index in [0.29, 0.717) is 11.8 Å². The SMILES string of the molecule is O=C(NCCS)c1cc2c(C(F)(F)F)cc(=O)[nH]c2o1. The average molecular weight is 306 g/mol. The summed E-state index contributed by atoms with van der Waals surface area (Å²) in [6.07, 6.45) is -4.71. The molecule has 2 N–H and O–H groups in total. The van der Waals surface area contributed by atoms with E-state index in [0.717, 1.165) is 6.07 Å². The number of halogens is 3. The van der Waals surface area contributed by atoms with E-state index >= 15 is 0 Å². The number of aromatic nitrogens is 1. The zero-order valence-corrected chi connectivity index (χ0v) is 10.8. The third-order valence-corrected chi connectivity index (χ3v) is 2.68. The summed E-state index contributed by atoms with van der Waals surface area (Å²) in [6, 6.07) is 1.37. The third kappa shape index (κ3) is 2.82. The van der Waals surface area contributed by atoms with E-state index in [1.165, 1.54) is 0 Å². The van der Waals surface area contributed by atoms with Crippen molar-refractivity contribution < 1.29 is 22.4 Å². The number of pyridine rings is 1. The number of rotatable bonds is 3. The number of furan rings is 1. The van der Waals surface area contributed by atoms with Crippen LogP contribution in [0.2, 0.25) is 0 Å². The first kappa shape index (κ1) is 14.5. The molecule has 0 unspecified atom stereocenters. The number of alkyl halides is 3. The molecule has 0 aliphatic carbocycles. The molecule has 0 radical (unpaired) electrons. The molecule has 0 saturated carbocycles. The van der Waals surface area contributed by atoms with Crippen molar-refractivity contribution in [3.05, 3.63) is 33.8 Å². The van der Waals surface area contributed by atoms with Gasteiger partial charge >= 0.3 is 6.18 Å². The molecule has 0 fully saturated rings. The topological polar surface area (TPSA) is 75.1 Å². The Morgan fingerprint density at radius 2 is 2.10 bits per heavy atom. The van der Waals surface area contributed by atoms with Crippen LogP contribution in [0.5, 0.6) is 0 Å². The molecular weight excluding hydrogens is 297 g/mol. The molecule has 0 saturated heterocycles. The van der Waals surface area contributed by atoms with Gasteiger partial charge in [0, 0.05) is 18.4 Å². The molecule has 0 aromatic carbocycles. The highest BCUT2D eigenvalue weighted by molar-refractivity contribution is 7.80. The number of hydrogen-bond donors (Lipinski definition) is 3. The van der Waals surface area contributed by atoms with Crippen LogP contribution >= 0.6 is 12.6 Å². The number of aromatic amines is 1. The second-order valence-electron chi connectivity index (χ2n) is 3.88. The second kappa shape index (κ2) is 5.23. The molecule has 0 aliphatic heterocycles. The van der Waals surface area contributed by atoms with Gasteiger partial charge in [-0.1, -0.05) is 0 Å². The lowest BCUT2D eigenvalue weighted by molar-refractivity contribution is -0.136. The summed E-state index contributed by atoms with van der Waals surface area (Å²) in [6.45, 7) is 0.238. The predicted octanol–water partition coefficient (Wildman–Crippen LogP) is 1.80. The van der Waals surface area contributed by atoms with Crippen molar-refractivity contribution in [2.45, 2.75) is 6.18 Å². The molecule has 2 rings (SSSR count). The Labute approximate surface area is 115 Å². The molecule has 0 aliphatic rings. The zero-order chi connectivity index (χ0) is 14.9. The molecule has 20 heavy (non-hydrogen) atoms. The number of nitrogens with one attached hydrogen (secondary N) is 2. The van der Waals surface area contributed by atoms with Crippen LogP contribution in [0.4, 0.5) is 13.2 Å². The van der Waals surface area contributed by atoms with Crippen LogP contribution in [0.15, 0.2) is 21.3 Å². The Morgan fingerprint density at radius 1 is 1.40 bits per heavy atom. The Kier molecular flexibility index (Phi) is 3.80. The van der Waals surface area contributed by atoms with Crippen molar-refractivity contribution in [1.82, 2.24) is 10.3 Å². The third-order valence-electron chi connectivity index (χ3n) is 2.46. The molecule has 1 amide bonds. The summed E-state index contributed by atoms with van der Waals surface area (Å²) < 4.78 is 43.4. The molecule has 5 nitrogen and oxygen atoms in total. The fraction of sp³-hybridized carbons (Fsp3) is 0.273. The van der Waals surface area contributed by atoms with Crippen LogP contribution in [0.3, 0.4) is 0 Å². The van der Waals surface area contributed by atoms with E-state index in [9.17, 15) is 22.8 Å². The van der Waals surface area contributed by atoms with Gasteiger partial charge in [0.05, 0.1) is 10.9 Å². The highest BCUT2D eigenvalue weighted by Crippen LogP contribution is 2.34. The lowest BCUT2D eigenvalue weighted by atomic mass is 10.1. The summed E-state index contributed by atoms with van der Waals surface area (Å²) in [5.74, 6) is -0.616. The minimum Gasteiger partial charge on any atom is -0.434 e. The minimum absolute atomic E-state index is 0.238. The van der Waals surface area contributed by atoms with Crippen LogP contribution in [0.1, 0.15) is 16.1 Å². The maximum absolute atomic E-state index is 12.8. The van der Waals surface area contributed by atoms with Crippen LogP contribution in [0.25, 0.3) is 11.1 Å². The first-order chi connectivity index (χ1) is 9.32. The normalized spacial score (nSPS) is 11.8. The number of thiol groups is 1. The number of H-pyrrole nitrogens is 1. The smallest absolute Gasteiger partial charge is 0.417 e. The van der Waals surface area contributed by atoms with Gasteiger partial charge in [0.15, 0.2) is 5.76 Å². The average Bonchev–Trinajstić information content (AvgIpc) is 2.77. The zero-order valence-electron chi connectivity index (χ0n) is 9.87. The van der Waals surface area contributed by atoms with Gasteiger partial charge in [-0.05, 0) is 6.07 Å². The molecule has 2 heterocycles. The second-order valence-corrected chi connectivity index (χ2v) is 4.33. The molecule has 0 atom stereocenters. The lowest BCUT2D eigenvalue weighted by Crippen LogP contribution is -2.24. The number of carbonyl (C=O) groups excluding carboxylic acids is 1.